The smallest absolute Gasteiger partial charge is 0.307 e. The lowest BCUT2D eigenvalue weighted by molar-refractivity contribution is -0.140. The molecule has 0 saturated carbocycles. The van der Waals surface area contributed by atoms with Gasteiger partial charge < -0.3 is 9.64 Å². The maximum absolute atomic E-state index is 12.1. The number of aryl methyl sites for hydroxylation is 2. The van der Waals surface area contributed by atoms with Crippen LogP contribution in [0.4, 0.5) is 0 Å². The molecule has 0 aliphatic heterocycles. The summed E-state index contributed by atoms with van der Waals surface area (Å²) in [6.07, 6.45) is 1.17. The van der Waals surface area contributed by atoms with Crippen LogP contribution >= 0.6 is 11.3 Å². The van der Waals surface area contributed by atoms with Crippen molar-refractivity contribution in [2.45, 2.75) is 26.7 Å². The number of carbonyl (C=O) groups is 2. The van der Waals surface area contributed by atoms with Crippen LogP contribution in [0.1, 0.15) is 33.5 Å². The summed E-state index contributed by atoms with van der Waals surface area (Å²) < 4.78 is 4.55. The average molecular weight is 269 g/mol. The maximum atomic E-state index is 12.1. The van der Waals surface area contributed by atoms with Crippen molar-refractivity contribution in [3.05, 3.63) is 21.4 Å². The molecule has 0 aliphatic carbocycles. The fourth-order valence-corrected chi connectivity index (χ4v) is 2.74. The molecule has 0 aromatic carbocycles. The van der Waals surface area contributed by atoms with Crippen LogP contribution in [0.15, 0.2) is 6.07 Å². The quantitative estimate of drug-likeness (QED) is 0.770. The summed E-state index contributed by atoms with van der Waals surface area (Å²) in [6.45, 7) is 4.47. The number of hydrogen-bond acceptors (Lipinski definition) is 4. The van der Waals surface area contributed by atoms with Gasteiger partial charge in [0.2, 0.25) is 0 Å². The van der Waals surface area contributed by atoms with E-state index < -0.39 is 0 Å². The molecule has 0 spiro atoms. The van der Waals surface area contributed by atoms with E-state index in [0.717, 1.165) is 16.9 Å². The summed E-state index contributed by atoms with van der Waals surface area (Å²) in [5.74, 6) is -0.335. The lowest BCUT2D eigenvalue weighted by atomic mass is 10.2. The highest BCUT2D eigenvalue weighted by atomic mass is 32.1. The third-order valence-electron chi connectivity index (χ3n) is 2.78. The van der Waals surface area contributed by atoms with Gasteiger partial charge in [-0.3, -0.25) is 9.59 Å². The van der Waals surface area contributed by atoms with E-state index in [1.807, 2.05) is 13.0 Å². The van der Waals surface area contributed by atoms with Crippen molar-refractivity contribution < 1.29 is 14.3 Å². The number of hydrogen-bond donors (Lipinski definition) is 0. The summed E-state index contributed by atoms with van der Waals surface area (Å²) in [4.78, 5) is 26.7. The number of carbonyl (C=O) groups excluding carboxylic acids is 2. The Labute approximate surface area is 112 Å². The van der Waals surface area contributed by atoms with Crippen molar-refractivity contribution in [2.75, 3.05) is 20.7 Å². The van der Waals surface area contributed by atoms with Crippen LogP contribution in [0.25, 0.3) is 0 Å². The molecule has 4 nitrogen and oxygen atoms in total. The van der Waals surface area contributed by atoms with E-state index in [0.29, 0.717) is 6.54 Å². The van der Waals surface area contributed by atoms with Crippen LogP contribution < -0.4 is 0 Å². The predicted molar refractivity (Wildman–Crippen MR) is 72.0 cm³/mol. The molecule has 0 aliphatic rings. The number of rotatable bonds is 5. The Kier molecular flexibility index (Phi) is 5.34. The molecule has 0 bridgehead atoms. The second-order valence-corrected chi connectivity index (χ2v) is 5.26. The summed E-state index contributed by atoms with van der Waals surface area (Å²) in [6, 6.07) is 1.92. The molecule has 1 aromatic rings. The van der Waals surface area contributed by atoms with Crippen LogP contribution in [0.3, 0.4) is 0 Å². The topological polar surface area (TPSA) is 46.6 Å². The molecule has 0 saturated heterocycles. The minimum Gasteiger partial charge on any atom is -0.469 e. The summed E-state index contributed by atoms with van der Waals surface area (Å²) in [7, 11) is 3.05. The Bertz CT molecular complexity index is 439. The van der Waals surface area contributed by atoms with Crippen molar-refractivity contribution in [3.63, 3.8) is 0 Å². The van der Waals surface area contributed by atoms with Crippen LogP contribution in [0, 0.1) is 6.92 Å². The molecule has 1 aromatic heterocycles. The molecule has 0 fully saturated rings. The van der Waals surface area contributed by atoms with E-state index in [1.54, 1.807) is 11.9 Å². The molecule has 0 atom stereocenters. The highest BCUT2D eigenvalue weighted by Gasteiger charge is 2.16. The Morgan fingerprint density at radius 1 is 1.44 bits per heavy atom. The SMILES string of the molecule is CCc1sc(C(=O)N(C)CCC(=O)OC)cc1C. The van der Waals surface area contributed by atoms with Crippen molar-refractivity contribution in [3.8, 4) is 0 Å². The maximum Gasteiger partial charge on any atom is 0.307 e. The van der Waals surface area contributed by atoms with Gasteiger partial charge in [-0.1, -0.05) is 6.92 Å². The van der Waals surface area contributed by atoms with E-state index in [9.17, 15) is 9.59 Å². The molecule has 5 heteroatoms. The fraction of sp³-hybridized carbons (Fsp3) is 0.538. The first kappa shape index (κ1) is 14.7. The molecule has 0 unspecified atom stereocenters. The first-order chi connectivity index (χ1) is 8.49. The Morgan fingerprint density at radius 2 is 2.11 bits per heavy atom. The van der Waals surface area contributed by atoms with Gasteiger partial charge in [-0.2, -0.15) is 0 Å². The van der Waals surface area contributed by atoms with Crippen molar-refractivity contribution >= 4 is 23.2 Å². The lowest BCUT2D eigenvalue weighted by Crippen LogP contribution is -2.28. The second kappa shape index (κ2) is 6.54. The first-order valence-electron chi connectivity index (χ1n) is 5.91. The molecule has 1 rings (SSSR count). The Balaban J connectivity index is 2.65. The van der Waals surface area contributed by atoms with E-state index in [1.165, 1.54) is 23.3 Å². The summed E-state index contributed by atoms with van der Waals surface area (Å²) in [5, 5.41) is 0. The normalized spacial score (nSPS) is 10.2. The molecular weight excluding hydrogens is 250 g/mol. The Morgan fingerprint density at radius 3 is 2.61 bits per heavy atom. The first-order valence-corrected chi connectivity index (χ1v) is 6.72. The second-order valence-electron chi connectivity index (χ2n) is 4.12. The van der Waals surface area contributed by atoms with Gasteiger partial charge in [-0.25, -0.2) is 0 Å². The third kappa shape index (κ3) is 3.57. The van der Waals surface area contributed by atoms with Crippen molar-refractivity contribution in [1.29, 1.82) is 0 Å². The summed E-state index contributed by atoms with van der Waals surface area (Å²) in [5.41, 5.74) is 1.16. The number of nitrogens with zero attached hydrogens (tertiary/aromatic N) is 1. The predicted octanol–water partition coefficient (Wildman–Crippen LogP) is 2.25. The zero-order valence-corrected chi connectivity index (χ0v) is 12.1. The minimum atomic E-state index is -0.300. The van der Waals surface area contributed by atoms with Crippen LogP contribution in [0.5, 0.6) is 0 Å². The average Bonchev–Trinajstić information content (AvgIpc) is 2.75. The lowest BCUT2D eigenvalue weighted by Gasteiger charge is -2.15. The minimum absolute atomic E-state index is 0.0355. The molecule has 0 radical (unpaired) electrons. The number of amides is 1. The molecule has 1 amide bonds. The fourth-order valence-electron chi connectivity index (χ4n) is 1.63. The molecule has 100 valence electrons. The Hall–Kier alpha value is -1.36. The van der Waals surface area contributed by atoms with Gasteiger partial charge >= 0.3 is 5.97 Å². The monoisotopic (exact) mass is 269 g/mol. The largest absolute Gasteiger partial charge is 0.469 e. The summed E-state index contributed by atoms with van der Waals surface area (Å²) >= 11 is 1.53. The van der Waals surface area contributed by atoms with Crippen LogP contribution in [0.2, 0.25) is 0 Å². The van der Waals surface area contributed by atoms with Gasteiger partial charge in [-0.15, -0.1) is 11.3 Å². The molecule has 0 N–H and O–H groups in total. The highest BCUT2D eigenvalue weighted by Crippen LogP contribution is 2.23. The van der Waals surface area contributed by atoms with E-state index in [2.05, 4.69) is 11.7 Å². The van der Waals surface area contributed by atoms with Crippen LogP contribution in [-0.4, -0.2) is 37.5 Å². The number of esters is 1. The van der Waals surface area contributed by atoms with Crippen molar-refractivity contribution in [2.24, 2.45) is 0 Å². The number of thiophene rings is 1. The highest BCUT2D eigenvalue weighted by molar-refractivity contribution is 7.14. The van der Waals surface area contributed by atoms with E-state index >= 15 is 0 Å². The van der Waals surface area contributed by atoms with Gasteiger partial charge in [0.15, 0.2) is 0 Å². The van der Waals surface area contributed by atoms with Gasteiger partial charge in [-0.05, 0) is 25.0 Å². The zero-order chi connectivity index (χ0) is 13.7. The third-order valence-corrected chi connectivity index (χ3v) is 4.15. The van der Waals surface area contributed by atoms with E-state index in [4.69, 9.17) is 0 Å². The molecule has 1 heterocycles. The standard InChI is InChI=1S/C13H19NO3S/c1-5-10-9(2)8-11(18-10)13(16)14(3)7-6-12(15)17-4/h8H,5-7H2,1-4H3. The van der Waals surface area contributed by atoms with Crippen LogP contribution in [-0.2, 0) is 16.0 Å². The zero-order valence-electron chi connectivity index (χ0n) is 11.3. The van der Waals surface area contributed by atoms with Gasteiger partial charge in [0.05, 0.1) is 18.4 Å². The van der Waals surface area contributed by atoms with E-state index in [-0.39, 0.29) is 18.3 Å². The van der Waals surface area contributed by atoms with Gasteiger partial charge in [0.25, 0.3) is 5.91 Å². The van der Waals surface area contributed by atoms with Gasteiger partial charge in [0.1, 0.15) is 0 Å². The number of methoxy groups -OCH3 is 1. The van der Waals surface area contributed by atoms with Crippen molar-refractivity contribution in [1.82, 2.24) is 4.90 Å². The van der Waals surface area contributed by atoms with Gasteiger partial charge in [0, 0.05) is 18.5 Å². The molecular formula is C13H19NO3S. The number of ether oxygens (including phenoxy) is 1. The molecule has 18 heavy (non-hydrogen) atoms.